The van der Waals surface area contributed by atoms with Gasteiger partial charge in [-0.2, -0.15) is 5.10 Å². The Kier molecular flexibility index (Phi) is 4.81. The minimum atomic E-state index is -0.420. The first-order valence-corrected chi connectivity index (χ1v) is 7.96. The standard InChI is InChI=1S/C16H18ClFN4O/c17-14-3-2-13(10-15(14)18)21-8-4-12(11-21)20-16(23)5-9-22-7-1-6-19-22/h1-3,6-7,10,12H,4-5,8-9,11H2,(H,20,23)/t12-/m1/s1. The van der Waals surface area contributed by atoms with Crippen molar-refractivity contribution in [2.45, 2.75) is 25.4 Å². The third-order valence-electron chi connectivity index (χ3n) is 3.95. The number of amides is 1. The number of nitrogens with one attached hydrogen (secondary N) is 1. The molecule has 1 aliphatic rings. The second kappa shape index (κ2) is 7.00. The van der Waals surface area contributed by atoms with E-state index in [0.717, 1.165) is 18.7 Å². The average Bonchev–Trinajstić information content (AvgIpc) is 3.19. The van der Waals surface area contributed by atoms with Crippen LogP contribution in [0.1, 0.15) is 12.8 Å². The zero-order valence-corrected chi connectivity index (χ0v) is 13.3. The lowest BCUT2D eigenvalue weighted by Gasteiger charge is -2.19. The molecule has 0 unspecified atom stereocenters. The fourth-order valence-electron chi connectivity index (χ4n) is 2.74. The lowest BCUT2D eigenvalue weighted by Crippen LogP contribution is -2.37. The lowest BCUT2D eigenvalue weighted by atomic mass is 10.2. The van der Waals surface area contributed by atoms with E-state index in [0.29, 0.717) is 19.5 Å². The molecule has 1 fully saturated rings. The summed E-state index contributed by atoms with van der Waals surface area (Å²) in [5, 5.41) is 7.22. The average molecular weight is 337 g/mol. The Hall–Kier alpha value is -2.08. The third-order valence-corrected chi connectivity index (χ3v) is 4.26. The first kappa shape index (κ1) is 15.8. The predicted molar refractivity (Wildman–Crippen MR) is 87.0 cm³/mol. The van der Waals surface area contributed by atoms with Crippen LogP contribution in [-0.4, -0.2) is 34.8 Å². The molecule has 7 heteroatoms. The van der Waals surface area contributed by atoms with Crippen molar-refractivity contribution in [3.63, 3.8) is 0 Å². The van der Waals surface area contributed by atoms with Crippen LogP contribution in [0.2, 0.25) is 5.02 Å². The second-order valence-electron chi connectivity index (χ2n) is 5.62. The molecule has 0 bridgehead atoms. The Morgan fingerprint density at radius 1 is 1.48 bits per heavy atom. The minimum absolute atomic E-state index is 0.00892. The molecule has 2 aromatic rings. The molecular formula is C16H18ClFN4O. The van der Waals surface area contributed by atoms with E-state index >= 15 is 0 Å². The molecule has 1 saturated heterocycles. The Labute approximate surface area is 139 Å². The van der Waals surface area contributed by atoms with Gasteiger partial charge in [-0.1, -0.05) is 11.6 Å². The van der Waals surface area contributed by atoms with Gasteiger partial charge in [-0.25, -0.2) is 4.39 Å². The highest BCUT2D eigenvalue weighted by molar-refractivity contribution is 6.30. The maximum atomic E-state index is 13.5. The highest BCUT2D eigenvalue weighted by Crippen LogP contribution is 2.25. The van der Waals surface area contributed by atoms with Crippen molar-refractivity contribution in [3.8, 4) is 0 Å². The fourth-order valence-corrected chi connectivity index (χ4v) is 2.86. The van der Waals surface area contributed by atoms with Gasteiger partial charge in [0.15, 0.2) is 0 Å². The van der Waals surface area contributed by atoms with Gasteiger partial charge in [0.05, 0.1) is 5.02 Å². The first-order valence-electron chi connectivity index (χ1n) is 7.58. The third kappa shape index (κ3) is 4.01. The normalized spacial score (nSPS) is 17.5. The van der Waals surface area contributed by atoms with Crippen molar-refractivity contribution in [2.24, 2.45) is 0 Å². The fraction of sp³-hybridized carbons (Fsp3) is 0.375. The predicted octanol–water partition coefficient (Wildman–Crippen LogP) is 2.46. The van der Waals surface area contributed by atoms with Gasteiger partial charge in [0.2, 0.25) is 5.91 Å². The van der Waals surface area contributed by atoms with Crippen LogP contribution in [0.4, 0.5) is 10.1 Å². The Morgan fingerprint density at radius 2 is 2.35 bits per heavy atom. The van der Waals surface area contributed by atoms with Gasteiger partial charge in [0.1, 0.15) is 5.82 Å². The summed E-state index contributed by atoms with van der Waals surface area (Å²) < 4.78 is 15.3. The second-order valence-corrected chi connectivity index (χ2v) is 6.02. The molecule has 1 N–H and O–H groups in total. The molecule has 0 aliphatic carbocycles. The molecule has 2 heterocycles. The maximum Gasteiger partial charge on any atom is 0.222 e. The number of hydrogen-bond donors (Lipinski definition) is 1. The van der Waals surface area contributed by atoms with Gasteiger partial charge in [-0.15, -0.1) is 0 Å². The van der Waals surface area contributed by atoms with Crippen molar-refractivity contribution in [1.29, 1.82) is 0 Å². The number of carbonyl (C=O) groups excluding carboxylic acids is 1. The van der Waals surface area contributed by atoms with Crippen LogP contribution < -0.4 is 10.2 Å². The van der Waals surface area contributed by atoms with E-state index in [9.17, 15) is 9.18 Å². The molecule has 1 amide bonds. The van der Waals surface area contributed by atoms with E-state index in [1.165, 1.54) is 6.07 Å². The smallest absolute Gasteiger partial charge is 0.222 e. The van der Waals surface area contributed by atoms with Gasteiger partial charge >= 0.3 is 0 Å². The van der Waals surface area contributed by atoms with Crippen molar-refractivity contribution in [2.75, 3.05) is 18.0 Å². The van der Waals surface area contributed by atoms with Crippen LogP contribution in [0.3, 0.4) is 0 Å². The van der Waals surface area contributed by atoms with E-state index in [2.05, 4.69) is 15.3 Å². The van der Waals surface area contributed by atoms with Gasteiger partial charge in [-0.05, 0) is 30.7 Å². The zero-order valence-electron chi connectivity index (χ0n) is 12.6. The van der Waals surface area contributed by atoms with Gasteiger partial charge in [0, 0.05) is 50.2 Å². The number of nitrogens with zero attached hydrogens (tertiary/aromatic N) is 3. The zero-order chi connectivity index (χ0) is 16.2. The van der Waals surface area contributed by atoms with Gasteiger partial charge in [0.25, 0.3) is 0 Å². The number of aromatic nitrogens is 2. The van der Waals surface area contributed by atoms with Crippen LogP contribution >= 0.6 is 11.6 Å². The SMILES string of the molecule is O=C(CCn1cccn1)N[C@@H]1CCN(c2ccc(Cl)c(F)c2)C1. The topological polar surface area (TPSA) is 50.2 Å². The van der Waals surface area contributed by atoms with E-state index in [4.69, 9.17) is 11.6 Å². The summed E-state index contributed by atoms with van der Waals surface area (Å²) in [6.45, 7) is 2.03. The molecule has 0 radical (unpaired) electrons. The molecule has 23 heavy (non-hydrogen) atoms. The maximum absolute atomic E-state index is 13.5. The van der Waals surface area contributed by atoms with Crippen LogP contribution in [0.5, 0.6) is 0 Å². The number of carbonyl (C=O) groups is 1. The van der Waals surface area contributed by atoms with Crippen molar-refractivity contribution >= 4 is 23.2 Å². The summed E-state index contributed by atoms with van der Waals surface area (Å²) >= 11 is 5.70. The monoisotopic (exact) mass is 336 g/mol. The molecule has 3 rings (SSSR count). The number of aryl methyl sites for hydroxylation is 1. The van der Waals surface area contributed by atoms with Crippen molar-refractivity contribution in [1.82, 2.24) is 15.1 Å². The van der Waals surface area contributed by atoms with E-state index in [1.54, 1.807) is 23.0 Å². The first-order chi connectivity index (χ1) is 11.1. The van der Waals surface area contributed by atoms with Crippen molar-refractivity contribution < 1.29 is 9.18 Å². The molecule has 1 aliphatic heterocycles. The molecule has 1 aromatic heterocycles. The number of halogens is 2. The van der Waals surface area contributed by atoms with Crippen molar-refractivity contribution in [3.05, 3.63) is 47.5 Å². The number of anilines is 1. The van der Waals surface area contributed by atoms with Gasteiger partial charge < -0.3 is 10.2 Å². The summed E-state index contributed by atoms with van der Waals surface area (Å²) in [6.07, 6.45) is 4.77. The minimum Gasteiger partial charge on any atom is -0.369 e. The van der Waals surface area contributed by atoms with Crippen LogP contribution in [0.25, 0.3) is 0 Å². The Balaban J connectivity index is 1.49. The van der Waals surface area contributed by atoms with Crippen LogP contribution in [-0.2, 0) is 11.3 Å². The summed E-state index contributed by atoms with van der Waals surface area (Å²) in [5.74, 6) is -0.412. The Morgan fingerprint density at radius 3 is 3.09 bits per heavy atom. The molecule has 122 valence electrons. The molecular weight excluding hydrogens is 319 g/mol. The van der Waals surface area contributed by atoms with Crippen LogP contribution in [0.15, 0.2) is 36.7 Å². The van der Waals surface area contributed by atoms with E-state index in [-0.39, 0.29) is 17.0 Å². The number of benzene rings is 1. The Bertz CT molecular complexity index is 677. The van der Waals surface area contributed by atoms with E-state index < -0.39 is 5.82 Å². The summed E-state index contributed by atoms with van der Waals surface area (Å²) in [7, 11) is 0. The molecule has 0 saturated carbocycles. The summed E-state index contributed by atoms with van der Waals surface area (Å²) in [4.78, 5) is 14.0. The van der Waals surface area contributed by atoms with Gasteiger partial charge in [-0.3, -0.25) is 9.48 Å². The van der Waals surface area contributed by atoms with E-state index in [1.807, 2.05) is 12.3 Å². The quantitative estimate of drug-likeness (QED) is 0.912. The largest absolute Gasteiger partial charge is 0.369 e. The number of hydrogen-bond acceptors (Lipinski definition) is 3. The van der Waals surface area contributed by atoms with Crippen LogP contribution in [0, 0.1) is 5.82 Å². The lowest BCUT2D eigenvalue weighted by molar-refractivity contribution is -0.121. The molecule has 5 nitrogen and oxygen atoms in total. The number of rotatable bonds is 5. The highest BCUT2D eigenvalue weighted by Gasteiger charge is 2.24. The molecule has 0 spiro atoms. The highest BCUT2D eigenvalue weighted by atomic mass is 35.5. The summed E-state index contributed by atoms with van der Waals surface area (Å²) in [5.41, 5.74) is 0.792. The molecule has 1 aromatic carbocycles. The summed E-state index contributed by atoms with van der Waals surface area (Å²) in [6, 6.07) is 6.71. The molecule has 1 atom stereocenters.